The lowest BCUT2D eigenvalue weighted by molar-refractivity contribution is -0.160. The van der Waals surface area contributed by atoms with Crippen LogP contribution in [0.3, 0.4) is 0 Å². The van der Waals surface area contributed by atoms with Crippen molar-refractivity contribution in [1.29, 1.82) is 0 Å². The monoisotopic (exact) mass is 165 g/mol. The maximum atomic E-state index is 6.09. The first kappa shape index (κ1) is 6.39. The summed E-state index contributed by atoms with van der Waals surface area (Å²) >= 11 is 0. The zero-order chi connectivity index (χ0) is 7.81. The van der Waals surface area contributed by atoms with Gasteiger partial charge in [-0.3, -0.25) is 4.84 Å². The first-order chi connectivity index (χ1) is 5.86. The second kappa shape index (κ2) is 1.60. The van der Waals surface area contributed by atoms with E-state index in [0.717, 1.165) is 6.04 Å². The normalized spacial score (nSPS) is 45.5. The molecule has 0 N–H and O–H groups in total. The van der Waals surface area contributed by atoms with Crippen molar-refractivity contribution in [3.8, 4) is 0 Å². The maximum Gasteiger partial charge on any atom is 0.0973 e. The number of nitrogens with zero attached hydrogens (tertiary/aromatic N) is 1. The molecule has 1 unspecified atom stereocenters. The molecule has 0 aromatic carbocycles. The first-order valence-electron chi connectivity index (χ1n) is 5.32. The maximum absolute atomic E-state index is 6.09. The fraction of sp³-hybridized carbons (Fsp3) is 1.00. The average molecular weight is 165 g/mol. The highest BCUT2D eigenvalue weighted by molar-refractivity contribution is 5.24. The molecule has 0 radical (unpaired) electrons. The molecule has 2 nitrogen and oxygen atoms in total. The molecule has 4 rings (SSSR count). The largest absolute Gasteiger partial charge is 0.291 e. The van der Waals surface area contributed by atoms with Gasteiger partial charge in [0.05, 0.1) is 5.60 Å². The van der Waals surface area contributed by atoms with Crippen LogP contribution in [0.1, 0.15) is 38.5 Å². The van der Waals surface area contributed by atoms with Crippen molar-refractivity contribution in [2.24, 2.45) is 5.41 Å². The fourth-order valence-electron chi connectivity index (χ4n) is 3.65. The van der Waals surface area contributed by atoms with E-state index in [1.165, 1.54) is 45.1 Å². The molecule has 2 aliphatic heterocycles. The summed E-state index contributed by atoms with van der Waals surface area (Å²) in [6.45, 7) is 1.20. The van der Waals surface area contributed by atoms with Crippen molar-refractivity contribution >= 4 is 0 Å². The van der Waals surface area contributed by atoms with Crippen LogP contribution >= 0.6 is 0 Å². The second-order valence-corrected chi connectivity index (χ2v) is 5.04. The Kier molecular flexibility index (Phi) is 0.851. The summed E-state index contributed by atoms with van der Waals surface area (Å²) in [6, 6.07) is 0.819. The molecule has 0 bridgehead atoms. The third-order valence-electron chi connectivity index (χ3n) is 4.53. The van der Waals surface area contributed by atoms with Crippen LogP contribution in [0.5, 0.6) is 0 Å². The number of fused-ring (bicyclic) bond motifs is 3. The van der Waals surface area contributed by atoms with E-state index >= 15 is 0 Å². The van der Waals surface area contributed by atoms with E-state index in [-0.39, 0.29) is 0 Å². The summed E-state index contributed by atoms with van der Waals surface area (Å²) < 4.78 is 0. The Bertz CT molecular complexity index is 242. The lowest BCUT2D eigenvalue weighted by atomic mass is 9.88. The lowest BCUT2D eigenvalue weighted by Gasteiger charge is -2.17. The van der Waals surface area contributed by atoms with Crippen LogP contribution in [-0.2, 0) is 4.84 Å². The average Bonchev–Trinajstić information content (AvgIpc) is 2.88. The Labute approximate surface area is 72.8 Å². The summed E-state index contributed by atoms with van der Waals surface area (Å²) in [5, 5.41) is 2.32. The summed E-state index contributed by atoms with van der Waals surface area (Å²) in [5.41, 5.74) is 1.03. The van der Waals surface area contributed by atoms with Crippen LogP contribution in [0.25, 0.3) is 0 Å². The SMILES string of the molecule is C1CC2N(C1)OC1(CC1)C21CC1. The molecule has 66 valence electrons. The molecule has 2 heterocycles. The Morgan fingerprint density at radius 1 is 1.17 bits per heavy atom. The summed E-state index contributed by atoms with van der Waals surface area (Å²) in [5.74, 6) is 0. The highest BCUT2D eigenvalue weighted by atomic mass is 16.7. The number of hydrogen-bond donors (Lipinski definition) is 0. The molecule has 12 heavy (non-hydrogen) atoms. The van der Waals surface area contributed by atoms with Gasteiger partial charge in [0.15, 0.2) is 0 Å². The van der Waals surface area contributed by atoms with Crippen molar-refractivity contribution in [1.82, 2.24) is 5.06 Å². The molecular formula is C10H15NO. The van der Waals surface area contributed by atoms with Gasteiger partial charge < -0.3 is 0 Å². The highest BCUT2D eigenvalue weighted by Gasteiger charge is 2.76. The Balaban J connectivity index is 1.79. The van der Waals surface area contributed by atoms with E-state index in [4.69, 9.17) is 4.84 Å². The predicted molar refractivity (Wildman–Crippen MR) is 44.4 cm³/mol. The van der Waals surface area contributed by atoms with Gasteiger partial charge in [0.1, 0.15) is 0 Å². The minimum atomic E-state index is 0.373. The molecule has 2 heteroatoms. The van der Waals surface area contributed by atoms with Gasteiger partial charge in [-0.05, 0) is 38.5 Å². The molecule has 2 aliphatic carbocycles. The molecule has 0 aromatic heterocycles. The summed E-state index contributed by atoms with van der Waals surface area (Å²) in [4.78, 5) is 6.09. The van der Waals surface area contributed by atoms with E-state index in [1.807, 2.05) is 0 Å². The molecule has 0 aromatic rings. The standard InChI is InChI=1S/C10H15NO/c1-2-8-9(3-4-9)10(5-6-10)12-11(8)7-1/h8H,1-7H2. The van der Waals surface area contributed by atoms with Gasteiger partial charge in [-0.15, -0.1) is 0 Å². The topological polar surface area (TPSA) is 12.5 Å². The summed E-state index contributed by atoms with van der Waals surface area (Å²) in [7, 11) is 0. The molecule has 2 saturated heterocycles. The third-order valence-corrected chi connectivity index (χ3v) is 4.53. The predicted octanol–water partition coefficient (Wildman–Crippen LogP) is 1.71. The van der Waals surface area contributed by atoms with Crippen molar-refractivity contribution in [2.45, 2.75) is 50.2 Å². The first-order valence-corrected chi connectivity index (χ1v) is 5.32. The molecule has 2 spiro atoms. The number of hydroxylamine groups is 2. The van der Waals surface area contributed by atoms with Gasteiger partial charge in [-0.2, -0.15) is 5.06 Å². The molecule has 1 atom stereocenters. The molecular weight excluding hydrogens is 150 g/mol. The molecule has 2 saturated carbocycles. The van der Waals surface area contributed by atoms with Crippen LogP contribution < -0.4 is 0 Å². The van der Waals surface area contributed by atoms with Gasteiger partial charge in [0.2, 0.25) is 0 Å². The van der Waals surface area contributed by atoms with Gasteiger partial charge in [-0.1, -0.05) is 0 Å². The van der Waals surface area contributed by atoms with E-state index in [9.17, 15) is 0 Å². The summed E-state index contributed by atoms with van der Waals surface area (Å²) in [6.07, 6.45) is 8.37. The Morgan fingerprint density at radius 3 is 2.67 bits per heavy atom. The Hall–Kier alpha value is -0.0800. The fourth-order valence-corrected chi connectivity index (χ4v) is 3.65. The van der Waals surface area contributed by atoms with Crippen molar-refractivity contribution in [3.05, 3.63) is 0 Å². The van der Waals surface area contributed by atoms with Crippen molar-refractivity contribution < 1.29 is 4.84 Å². The van der Waals surface area contributed by atoms with E-state index in [1.54, 1.807) is 0 Å². The lowest BCUT2D eigenvalue weighted by Crippen LogP contribution is -2.28. The van der Waals surface area contributed by atoms with Crippen LogP contribution in [0, 0.1) is 5.41 Å². The van der Waals surface area contributed by atoms with Gasteiger partial charge in [0.25, 0.3) is 0 Å². The van der Waals surface area contributed by atoms with Crippen molar-refractivity contribution in [3.63, 3.8) is 0 Å². The quantitative estimate of drug-likeness (QED) is 0.542. The minimum Gasteiger partial charge on any atom is -0.291 e. The third kappa shape index (κ3) is 0.495. The smallest absolute Gasteiger partial charge is 0.0973 e. The second-order valence-electron chi connectivity index (χ2n) is 5.04. The highest BCUT2D eigenvalue weighted by Crippen LogP contribution is 2.73. The van der Waals surface area contributed by atoms with E-state index in [0.29, 0.717) is 11.0 Å². The number of rotatable bonds is 0. The van der Waals surface area contributed by atoms with Crippen LogP contribution in [0.15, 0.2) is 0 Å². The van der Waals surface area contributed by atoms with Crippen LogP contribution in [-0.4, -0.2) is 23.3 Å². The Morgan fingerprint density at radius 2 is 2.00 bits per heavy atom. The van der Waals surface area contributed by atoms with Crippen molar-refractivity contribution in [2.75, 3.05) is 6.54 Å². The molecule has 4 aliphatic rings. The van der Waals surface area contributed by atoms with Gasteiger partial charge in [-0.25, -0.2) is 0 Å². The van der Waals surface area contributed by atoms with E-state index in [2.05, 4.69) is 5.06 Å². The molecule has 0 amide bonds. The molecule has 4 fully saturated rings. The minimum absolute atomic E-state index is 0.373. The van der Waals surface area contributed by atoms with Crippen LogP contribution in [0.2, 0.25) is 0 Å². The van der Waals surface area contributed by atoms with Gasteiger partial charge in [0, 0.05) is 18.0 Å². The van der Waals surface area contributed by atoms with Gasteiger partial charge >= 0.3 is 0 Å². The number of hydrogen-bond acceptors (Lipinski definition) is 2. The van der Waals surface area contributed by atoms with E-state index < -0.39 is 0 Å². The van der Waals surface area contributed by atoms with Crippen LogP contribution in [0.4, 0.5) is 0 Å². The zero-order valence-electron chi connectivity index (χ0n) is 7.38. The zero-order valence-corrected chi connectivity index (χ0v) is 7.38.